The SMILES string of the molecule is CC(C)CN1CC(c2nc(C(=O)O)co2)c2cc(Cl)ccc21. The Morgan fingerprint density at radius 1 is 1.55 bits per heavy atom. The number of aromatic carboxylic acids is 1. The van der Waals surface area contributed by atoms with Crippen LogP contribution in [0.3, 0.4) is 0 Å². The highest BCUT2D eigenvalue weighted by Gasteiger charge is 2.33. The van der Waals surface area contributed by atoms with Crippen LogP contribution >= 0.6 is 11.6 Å². The quantitative estimate of drug-likeness (QED) is 0.931. The van der Waals surface area contributed by atoms with Crippen LogP contribution in [0.25, 0.3) is 0 Å². The van der Waals surface area contributed by atoms with E-state index in [0.29, 0.717) is 23.4 Å². The van der Waals surface area contributed by atoms with Gasteiger partial charge in [-0.25, -0.2) is 9.78 Å². The number of hydrogen-bond donors (Lipinski definition) is 1. The number of benzene rings is 1. The molecule has 0 amide bonds. The minimum Gasteiger partial charge on any atom is -0.476 e. The first-order valence-corrected chi connectivity index (χ1v) is 7.56. The molecule has 1 aliphatic heterocycles. The van der Waals surface area contributed by atoms with Crippen LogP contribution in [0.15, 0.2) is 28.9 Å². The van der Waals surface area contributed by atoms with Gasteiger partial charge in [0, 0.05) is 23.8 Å². The van der Waals surface area contributed by atoms with Crippen LogP contribution in [0, 0.1) is 5.92 Å². The fourth-order valence-corrected chi connectivity index (χ4v) is 3.06. The summed E-state index contributed by atoms with van der Waals surface area (Å²) < 4.78 is 5.40. The minimum atomic E-state index is -1.08. The lowest BCUT2D eigenvalue weighted by Crippen LogP contribution is -2.26. The lowest BCUT2D eigenvalue weighted by atomic mass is 10.0. The Balaban J connectivity index is 1.99. The zero-order chi connectivity index (χ0) is 15.9. The Morgan fingerprint density at radius 2 is 2.32 bits per heavy atom. The van der Waals surface area contributed by atoms with Crippen molar-refractivity contribution in [2.45, 2.75) is 19.8 Å². The maximum atomic E-state index is 11.0. The van der Waals surface area contributed by atoms with Gasteiger partial charge in [-0.15, -0.1) is 0 Å². The number of rotatable bonds is 4. The highest BCUT2D eigenvalue weighted by atomic mass is 35.5. The summed E-state index contributed by atoms with van der Waals surface area (Å²) in [4.78, 5) is 17.4. The molecule has 116 valence electrons. The normalized spacial score (nSPS) is 17.1. The molecular formula is C16H17ClN2O3. The average Bonchev–Trinajstić information content (AvgIpc) is 3.03. The van der Waals surface area contributed by atoms with E-state index in [2.05, 4.69) is 23.7 Å². The van der Waals surface area contributed by atoms with Gasteiger partial charge in [0.1, 0.15) is 6.26 Å². The van der Waals surface area contributed by atoms with Crippen molar-refractivity contribution in [3.05, 3.63) is 46.6 Å². The second-order valence-electron chi connectivity index (χ2n) is 5.93. The number of carboxylic acid groups (broad SMARTS) is 1. The number of hydrogen-bond acceptors (Lipinski definition) is 4. The number of carbonyl (C=O) groups is 1. The van der Waals surface area contributed by atoms with Crippen LogP contribution in [-0.4, -0.2) is 29.1 Å². The van der Waals surface area contributed by atoms with E-state index in [-0.39, 0.29) is 11.6 Å². The van der Waals surface area contributed by atoms with Crippen LogP contribution in [-0.2, 0) is 0 Å². The van der Waals surface area contributed by atoms with Gasteiger partial charge in [-0.3, -0.25) is 0 Å². The smallest absolute Gasteiger partial charge is 0.357 e. The van der Waals surface area contributed by atoms with Gasteiger partial charge in [-0.1, -0.05) is 25.4 Å². The van der Waals surface area contributed by atoms with E-state index >= 15 is 0 Å². The summed E-state index contributed by atoms with van der Waals surface area (Å²) in [6, 6.07) is 5.78. The molecule has 3 rings (SSSR count). The Hall–Kier alpha value is -2.01. The first-order chi connectivity index (χ1) is 10.5. The van der Waals surface area contributed by atoms with Gasteiger partial charge in [0.15, 0.2) is 5.69 Å². The molecule has 1 N–H and O–H groups in total. The molecule has 0 fully saturated rings. The average molecular weight is 321 g/mol. The molecule has 2 aromatic rings. The molecule has 1 unspecified atom stereocenters. The number of fused-ring (bicyclic) bond motifs is 1. The van der Waals surface area contributed by atoms with E-state index in [0.717, 1.165) is 17.8 Å². The second-order valence-corrected chi connectivity index (χ2v) is 6.37. The standard InChI is InChI=1S/C16H17ClN2O3/c1-9(2)6-19-7-12(11-5-10(17)3-4-14(11)19)15-18-13(8-22-15)16(20)21/h3-5,8-9,12H,6-7H2,1-2H3,(H,20,21). The molecule has 0 spiro atoms. The lowest BCUT2D eigenvalue weighted by molar-refractivity contribution is 0.0690. The van der Waals surface area contributed by atoms with Crippen LogP contribution in [0.5, 0.6) is 0 Å². The number of oxazole rings is 1. The van der Waals surface area contributed by atoms with Crippen LogP contribution < -0.4 is 4.90 Å². The van der Waals surface area contributed by atoms with E-state index < -0.39 is 5.97 Å². The molecule has 0 saturated carbocycles. The zero-order valence-electron chi connectivity index (χ0n) is 12.4. The third-order valence-electron chi connectivity index (χ3n) is 3.73. The summed E-state index contributed by atoms with van der Waals surface area (Å²) >= 11 is 6.12. The summed E-state index contributed by atoms with van der Waals surface area (Å²) in [7, 11) is 0. The fraction of sp³-hybridized carbons (Fsp3) is 0.375. The fourth-order valence-electron chi connectivity index (χ4n) is 2.88. The molecule has 1 aromatic carbocycles. The van der Waals surface area contributed by atoms with Crippen molar-refractivity contribution in [1.29, 1.82) is 0 Å². The first-order valence-electron chi connectivity index (χ1n) is 7.19. The second kappa shape index (κ2) is 5.65. The van der Waals surface area contributed by atoms with E-state index in [4.69, 9.17) is 21.1 Å². The predicted molar refractivity (Wildman–Crippen MR) is 83.8 cm³/mol. The van der Waals surface area contributed by atoms with Crippen molar-refractivity contribution in [2.24, 2.45) is 5.92 Å². The number of nitrogens with zero attached hydrogens (tertiary/aromatic N) is 2. The Kier molecular flexibility index (Phi) is 3.83. The topological polar surface area (TPSA) is 66.6 Å². The summed E-state index contributed by atoms with van der Waals surface area (Å²) in [6.45, 7) is 5.96. The monoisotopic (exact) mass is 320 g/mol. The van der Waals surface area contributed by atoms with Crippen molar-refractivity contribution in [3.63, 3.8) is 0 Å². The van der Waals surface area contributed by atoms with E-state index in [1.807, 2.05) is 18.2 Å². The molecule has 1 aromatic heterocycles. The van der Waals surface area contributed by atoms with Crippen molar-refractivity contribution in [2.75, 3.05) is 18.0 Å². The molecule has 5 nitrogen and oxygen atoms in total. The number of halogens is 1. The van der Waals surface area contributed by atoms with E-state index in [1.165, 1.54) is 6.26 Å². The summed E-state index contributed by atoms with van der Waals surface area (Å²) in [5, 5.41) is 9.65. The van der Waals surface area contributed by atoms with Crippen LogP contribution in [0.4, 0.5) is 5.69 Å². The molecule has 0 aliphatic carbocycles. The van der Waals surface area contributed by atoms with Crippen molar-refractivity contribution >= 4 is 23.3 Å². The molecule has 0 saturated heterocycles. The molecule has 0 radical (unpaired) electrons. The highest BCUT2D eigenvalue weighted by molar-refractivity contribution is 6.30. The van der Waals surface area contributed by atoms with E-state index in [9.17, 15) is 4.79 Å². The van der Waals surface area contributed by atoms with Gasteiger partial charge in [0.2, 0.25) is 5.89 Å². The zero-order valence-corrected chi connectivity index (χ0v) is 13.2. The first kappa shape index (κ1) is 14.9. The van der Waals surface area contributed by atoms with Gasteiger partial charge < -0.3 is 14.4 Å². The molecular weight excluding hydrogens is 304 g/mol. The van der Waals surface area contributed by atoms with Gasteiger partial charge >= 0.3 is 5.97 Å². The summed E-state index contributed by atoms with van der Waals surface area (Å²) in [5.41, 5.74) is 2.08. The summed E-state index contributed by atoms with van der Waals surface area (Å²) in [5.74, 6) is -0.243. The molecule has 22 heavy (non-hydrogen) atoms. The molecule has 1 atom stereocenters. The number of carboxylic acids is 1. The third-order valence-corrected chi connectivity index (χ3v) is 3.97. The Labute approximate surface area is 133 Å². The predicted octanol–water partition coefficient (Wildman–Crippen LogP) is 3.63. The van der Waals surface area contributed by atoms with E-state index in [1.54, 1.807) is 0 Å². The van der Waals surface area contributed by atoms with Gasteiger partial charge in [-0.2, -0.15) is 0 Å². The minimum absolute atomic E-state index is 0.0686. The Bertz CT molecular complexity index is 711. The highest BCUT2D eigenvalue weighted by Crippen LogP contribution is 2.41. The Morgan fingerprint density at radius 3 is 2.95 bits per heavy atom. The molecule has 0 bridgehead atoms. The van der Waals surface area contributed by atoms with Crippen LogP contribution in [0.1, 0.15) is 41.7 Å². The van der Waals surface area contributed by atoms with Gasteiger partial charge in [0.25, 0.3) is 0 Å². The molecule has 2 heterocycles. The number of aromatic nitrogens is 1. The third kappa shape index (κ3) is 2.68. The summed E-state index contributed by atoms with van der Waals surface area (Å²) in [6.07, 6.45) is 1.19. The largest absolute Gasteiger partial charge is 0.476 e. The maximum absolute atomic E-state index is 11.0. The van der Waals surface area contributed by atoms with Gasteiger partial charge in [0.05, 0.1) is 5.92 Å². The van der Waals surface area contributed by atoms with Gasteiger partial charge in [-0.05, 0) is 29.7 Å². The van der Waals surface area contributed by atoms with Crippen LogP contribution in [0.2, 0.25) is 5.02 Å². The molecule has 1 aliphatic rings. The van der Waals surface area contributed by atoms with Crippen molar-refractivity contribution in [3.8, 4) is 0 Å². The van der Waals surface area contributed by atoms with Crippen molar-refractivity contribution in [1.82, 2.24) is 4.98 Å². The number of anilines is 1. The van der Waals surface area contributed by atoms with Crippen molar-refractivity contribution < 1.29 is 14.3 Å². The molecule has 6 heteroatoms. The maximum Gasteiger partial charge on any atom is 0.357 e. The lowest BCUT2D eigenvalue weighted by Gasteiger charge is -2.21.